The molecule has 2 heterocycles. The van der Waals surface area contributed by atoms with E-state index in [9.17, 15) is 14.7 Å². The van der Waals surface area contributed by atoms with Crippen molar-refractivity contribution in [2.75, 3.05) is 27.9 Å². The molecule has 10 heteroatoms. The van der Waals surface area contributed by atoms with Gasteiger partial charge in [0.15, 0.2) is 27.8 Å². The Bertz CT molecular complexity index is 1820. The van der Waals surface area contributed by atoms with Crippen molar-refractivity contribution in [1.29, 1.82) is 0 Å². The summed E-state index contributed by atoms with van der Waals surface area (Å²) < 4.78 is 23.5. The number of hydrogen-bond donors (Lipinski definition) is 1. The molecule has 0 fully saturated rings. The van der Waals surface area contributed by atoms with Crippen LogP contribution in [0.3, 0.4) is 0 Å². The number of carbonyl (C=O) groups excluding carboxylic acids is 1. The number of fused-ring (bicyclic) bond motifs is 1. The molecule has 0 bridgehead atoms. The maximum Gasteiger partial charge on any atom is 0.338 e. The number of hydrogen-bond acceptors (Lipinski definition) is 9. The Morgan fingerprint density at radius 2 is 1.71 bits per heavy atom. The van der Waals surface area contributed by atoms with Crippen LogP contribution in [0.5, 0.6) is 23.0 Å². The van der Waals surface area contributed by atoms with Crippen LogP contribution in [0.4, 0.5) is 0 Å². The van der Waals surface area contributed by atoms with Gasteiger partial charge in [-0.25, -0.2) is 9.79 Å². The highest BCUT2D eigenvalue weighted by molar-refractivity contribution is 7.07. The summed E-state index contributed by atoms with van der Waals surface area (Å²) in [6.07, 6.45) is 1.59. The van der Waals surface area contributed by atoms with Gasteiger partial charge in [0.1, 0.15) is 0 Å². The average molecular weight is 573 g/mol. The summed E-state index contributed by atoms with van der Waals surface area (Å²) in [6.45, 7) is 1.87. The molecule has 0 unspecified atom stereocenters. The van der Waals surface area contributed by atoms with Gasteiger partial charge < -0.3 is 24.1 Å². The number of phenols is 1. The van der Waals surface area contributed by atoms with Gasteiger partial charge in [-0.15, -0.1) is 0 Å². The molecule has 0 saturated carbocycles. The van der Waals surface area contributed by atoms with Crippen LogP contribution in [-0.4, -0.2) is 43.6 Å². The summed E-state index contributed by atoms with van der Waals surface area (Å²) in [5.74, 6) is 0.548. The first kappa shape index (κ1) is 27.7. The number of aromatic hydroxyl groups is 1. The number of esters is 1. The molecule has 1 N–H and O–H groups in total. The maximum atomic E-state index is 14.1. The van der Waals surface area contributed by atoms with Crippen molar-refractivity contribution in [2.45, 2.75) is 13.0 Å². The number of benzene rings is 3. The van der Waals surface area contributed by atoms with Gasteiger partial charge >= 0.3 is 5.97 Å². The zero-order chi connectivity index (χ0) is 29.1. The van der Waals surface area contributed by atoms with Gasteiger partial charge in [-0.3, -0.25) is 9.36 Å². The number of carbonyl (C=O) groups is 1. The van der Waals surface area contributed by atoms with Crippen LogP contribution in [0.25, 0.3) is 11.8 Å². The van der Waals surface area contributed by atoms with E-state index in [4.69, 9.17) is 23.9 Å². The highest BCUT2D eigenvalue weighted by Gasteiger charge is 2.35. The van der Waals surface area contributed by atoms with Crippen LogP contribution in [0.2, 0.25) is 0 Å². The minimum atomic E-state index is -0.888. The van der Waals surface area contributed by atoms with Gasteiger partial charge in [0.2, 0.25) is 0 Å². The van der Waals surface area contributed by atoms with Gasteiger partial charge in [-0.1, -0.05) is 59.9 Å². The first-order valence-electron chi connectivity index (χ1n) is 12.8. The monoisotopic (exact) mass is 572 g/mol. The van der Waals surface area contributed by atoms with Crippen molar-refractivity contribution in [2.24, 2.45) is 4.99 Å². The molecule has 0 spiro atoms. The lowest BCUT2D eigenvalue weighted by atomic mass is 9.93. The molecule has 210 valence electrons. The van der Waals surface area contributed by atoms with Crippen LogP contribution >= 0.6 is 11.3 Å². The summed E-state index contributed by atoms with van der Waals surface area (Å²) in [7, 11) is 4.51. The van der Waals surface area contributed by atoms with Crippen molar-refractivity contribution in [3.05, 3.63) is 109 Å². The zero-order valence-corrected chi connectivity index (χ0v) is 23.7. The molecule has 0 radical (unpaired) electrons. The molecule has 1 aromatic heterocycles. The molecular weight excluding hydrogens is 544 g/mol. The first-order chi connectivity index (χ1) is 19.9. The minimum Gasteiger partial charge on any atom is -0.504 e. The molecule has 4 aromatic rings. The molecule has 0 saturated heterocycles. The summed E-state index contributed by atoms with van der Waals surface area (Å²) in [5, 5.41) is 10.7. The Labute approximate surface area is 239 Å². The summed E-state index contributed by atoms with van der Waals surface area (Å²) >= 11 is 1.15. The van der Waals surface area contributed by atoms with Crippen LogP contribution in [0, 0.1) is 0 Å². The van der Waals surface area contributed by atoms with E-state index in [0.717, 1.165) is 11.3 Å². The van der Waals surface area contributed by atoms with E-state index in [2.05, 4.69) is 0 Å². The van der Waals surface area contributed by atoms with Gasteiger partial charge in [-0.05, 0) is 36.8 Å². The Morgan fingerprint density at radius 3 is 2.39 bits per heavy atom. The second-order valence-corrected chi connectivity index (χ2v) is 9.95. The first-order valence-corrected chi connectivity index (χ1v) is 13.6. The lowest BCUT2D eigenvalue weighted by Gasteiger charge is -2.26. The highest BCUT2D eigenvalue weighted by atomic mass is 32.1. The number of rotatable bonds is 8. The van der Waals surface area contributed by atoms with Crippen LogP contribution < -0.4 is 29.1 Å². The van der Waals surface area contributed by atoms with Crippen LogP contribution in [-0.2, 0) is 9.53 Å². The fourth-order valence-corrected chi connectivity index (χ4v) is 5.73. The topological polar surface area (TPSA) is 109 Å². The Balaban J connectivity index is 1.85. The Morgan fingerprint density at radius 1 is 0.976 bits per heavy atom. The Kier molecular flexibility index (Phi) is 7.93. The van der Waals surface area contributed by atoms with Crippen molar-refractivity contribution in [1.82, 2.24) is 4.57 Å². The van der Waals surface area contributed by atoms with Crippen molar-refractivity contribution >= 4 is 29.1 Å². The van der Waals surface area contributed by atoms with Crippen molar-refractivity contribution < 1.29 is 28.8 Å². The number of thiazole rings is 1. The third kappa shape index (κ3) is 5.09. The van der Waals surface area contributed by atoms with Crippen molar-refractivity contribution in [3.63, 3.8) is 0 Å². The summed E-state index contributed by atoms with van der Waals surface area (Å²) in [4.78, 5) is 32.9. The molecule has 3 aromatic carbocycles. The summed E-state index contributed by atoms with van der Waals surface area (Å²) in [5.41, 5.74) is 1.94. The molecule has 5 rings (SSSR count). The number of ether oxygens (including phenoxy) is 4. The van der Waals surface area contributed by atoms with E-state index in [1.165, 1.54) is 25.9 Å². The number of para-hydroxylation sites is 1. The minimum absolute atomic E-state index is 0.0885. The quantitative estimate of drug-likeness (QED) is 0.321. The fraction of sp³-hybridized carbons (Fsp3) is 0.194. The molecule has 1 atom stereocenters. The number of methoxy groups -OCH3 is 3. The molecule has 1 aliphatic heterocycles. The third-order valence-corrected chi connectivity index (χ3v) is 7.62. The predicted molar refractivity (Wildman–Crippen MR) is 155 cm³/mol. The van der Waals surface area contributed by atoms with Crippen LogP contribution in [0.15, 0.2) is 82.1 Å². The zero-order valence-electron chi connectivity index (χ0n) is 22.9. The van der Waals surface area contributed by atoms with E-state index in [0.29, 0.717) is 43.2 Å². The largest absolute Gasteiger partial charge is 0.504 e. The molecular formula is C31H28N2O7S. The van der Waals surface area contributed by atoms with E-state index in [1.54, 1.807) is 49.4 Å². The average Bonchev–Trinajstić information content (AvgIpc) is 3.31. The molecule has 41 heavy (non-hydrogen) atoms. The standard InChI is InChI=1S/C31H28N2O7S/c1-5-40-30(36)25-26(18-10-7-6-8-11-18)32-31-33(27(25)19-14-15-21(37-2)23(16-19)39-4)29(35)24(41-31)17-20-12-9-13-22(38-3)28(20)34/h6-17,27,34H,5H2,1-4H3/b24-17-/t27-/m0/s1. The van der Waals surface area contributed by atoms with Crippen molar-refractivity contribution in [3.8, 4) is 23.0 Å². The SMILES string of the molecule is CCOC(=O)C1=C(c2ccccc2)N=c2s/c(=C\c3cccc(OC)c3O)c(=O)n2[C@H]1c1ccc(OC)c(OC)c1. The highest BCUT2D eigenvalue weighted by Crippen LogP contribution is 2.38. The maximum absolute atomic E-state index is 14.1. The second kappa shape index (κ2) is 11.7. The molecule has 0 amide bonds. The van der Waals surface area contributed by atoms with Gasteiger partial charge in [0.05, 0.1) is 49.8 Å². The normalized spacial score (nSPS) is 14.7. The van der Waals surface area contributed by atoms with Gasteiger partial charge in [-0.2, -0.15) is 0 Å². The lowest BCUT2D eigenvalue weighted by Crippen LogP contribution is -2.40. The third-order valence-electron chi connectivity index (χ3n) is 6.63. The second-order valence-electron chi connectivity index (χ2n) is 8.94. The van der Waals surface area contributed by atoms with Gasteiger partial charge in [0, 0.05) is 11.1 Å². The van der Waals surface area contributed by atoms with E-state index < -0.39 is 12.0 Å². The molecule has 1 aliphatic rings. The van der Waals surface area contributed by atoms with Crippen LogP contribution in [0.1, 0.15) is 29.7 Å². The van der Waals surface area contributed by atoms with E-state index >= 15 is 0 Å². The number of nitrogens with zero attached hydrogens (tertiary/aromatic N) is 2. The van der Waals surface area contributed by atoms with E-state index in [-0.39, 0.29) is 29.2 Å². The Hall–Kier alpha value is -4.83. The molecule has 9 nitrogen and oxygen atoms in total. The number of phenolic OH excluding ortho intramolecular Hbond substituents is 1. The van der Waals surface area contributed by atoms with E-state index in [1.807, 2.05) is 30.3 Å². The summed E-state index contributed by atoms with van der Waals surface area (Å²) in [6, 6.07) is 18.7. The smallest absolute Gasteiger partial charge is 0.338 e. The number of aromatic nitrogens is 1. The fourth-order valence-electron chi connectivity index (χ4n) is 4.74. The van der Waals surface area contributed by atoms with Gasteiger partial charge in [0.25, 0.3) is 5.56 Å². The lowest BCUT2D eigenvalue weighted by molar-refractivity contribution is -0.138. The predicted octanol–water partition coefficient (Wildman–Crippen LogP) is 3.67. The molecule has 0 aliphatic carbocycles.